The molecule has 0 saturated carbocycles. The van der Waals surface area contributed by atoms with E-state index >= 15 is 0 Å². The first-order valence-corrected chi connectivity index (χ1v) is 4.35. The molecule has 61 valence electrons. The van der Waals surface area contributed by atoms with Crippen LogP contribution < -0.4 is 0 Å². The Morgan fingerprint density at radius 2 is 2.00 bits per heavy atom. The molecule has 0 bridgehead atoms. The Kier molecular flexibility index (Phi) is 2.53. The minimum Gasteiger partial charge on any atom is -0.0808 e. The summed E-state index contributed by atoms with van der Waals surface area (Å²) in [5.74, 6) is 1.28. The van der Waals surface area contributed by atoms with E-state index in [1.54, 1.807) is 0 Å². The maximum absolute atomic E-state index is 2.33. The molecule has 1 rings (SSSR count). The highest BCUT2D eigenvalue weighted by molar-refractivity contribution is 5.36. The van der Waals surface area contributed by atoms with E-state index in [1.165, 1.54) is 11.1 Å². The Morgan fingerprint density at radius 1 is 1.36 bits per heavy atom. The standard InChI is InChI=1S/C11H17/c1-8(2)11-6-5-9(3)7-10(11)4/h5-9H,1-4H3. The number of rotatable bonds is 1. The smallest absolute Gasteiger partial charge is 0.00684 e. The van der Waals surface area contributed by atoms with Crippen LogP contribution in [0.15, 0.2) is 23.3 Å². The van der Waals surface area contributed by atoms with Crippen LogP contribution in [0.25, 0.3) is 0 Å². The maximum Gasteiger partial charge on any atom is -0.00684 e. The fourth-order valence-electron chi connectivity index (χ4n) is 1.58. The quantitative estimate of drug-likeness (QED) is 0.536. The molecule has 1 aliphatic carbocycles. The van der Waals surface area contributed by atoms with Crippen LogP contribution in [0.2, 0.25) is 0 Å². The number of hydrogen-bond acceptors (Lipinski definition) is 0. The minimum absolute atomic E-state index is 0.623. The predicted octanol–water partition coefficient (Wildman–Crippen LogP) is 3.37. The molecule has 0 heteroatoms. The number of hydrogen-bond donors (Lipinski definition) is 0. The van der Waals surface area contributed by atoms with Gasteiger partial charge < -0.3 is 0 Å². The molecule has 0 heterocycles. The zero-order chi connectivity index (χ0) is 8.43. The molecule has 0 amide bonds. The van der Waals surface area contributed by atoms with Crippen LogP contribution in [0.5, 0.6) is 0 Å². The number of allylic oxidation sites excluding steroid dienone is 4. The van der Waals surface area contributed by atoms with Gasteiger partial charge in [-0.15, -0.1) is 0 Å². The van der Waals surface area contributed by atoms with Crippen molar-refractivity contribution in [1.29, 1.82) is 0 Å². The van der Waals surface area contributed by atoms with E-state index in [0.717, 1.165) is 0 Å². The normalized spacial score (nSPS) is 25.0. The van der Waals surface area contributed by atoms with Gasteiger partial charge in [0.1, 0.15) is 0 Å². The van der Waals surface area contributed by atoms with Gasteiger partial charge >= 0.3 is 0 Å². The summed E-state index contributed by atoms with van der Waals surface area (Å²) in [6.45, 7) is 8.91. The average molecular weight is 149 g/mol. The van der Waals surface area contributed by atoms with Crippen molar-refractivity contribution in [2.75, 3.05) is 0 Å². The summed E-state index contributed by atoms with van der Waals surface area (Å²) < 4.78 is 0. The van der Waals surface area contributed by atoms with Crippen LogP contribution in [0.1, 0.15) is 27.7 Å². The molecule has 11 heavy (non-hydrogen) atoms. The Balaban J connectivity index is 2.80. The van der Waals surface area contributed by atoms with Crippen molar-refractivity contribution in [2.24, 2.45) is 11.8 Å². The van der Waals surface area contributed by atoms with Gasteiger partial charge in [-0.1, -0.05) is 38.5 Å². The average Bonchev–Trinajstić information content (AvgIpc) is 1.85. The minimum atomic E-state index is 0.623. The Bertz CT molecular complexity index is 194. The summed E-state index contributed by atoms with van der Waals surface area (Å²) in [5.41, 5.74) is 2.94. The van der Waals surface area contributed by atoms with Crippen molar-refractivity contribution >= 4 is 0 Å². The first kappa shape index (κ1) is 8.58. The third kappa shape index (κ3) is 1.95. The lowest BCUT2D eigenvalue weighted by Gasteiger charge is -2.19. The lowest BCUT2D eigenvalue weighted by atomic mass is 9.87. The second-order valence-electron chi connectivity index (χ2n) is 3.68. The Hall–Kier alpha value is -0.520. The summed E-state index contributed by atoms with van der Waals surface area (Å²) in [4.78, 5) is 0. The first-order chi connectivity index (χ1) is 5.11. The molecule has 1 aliphatic rings. The summed E-state index contributed by atoms with van der Waals surface area (Å²) in [6.07, 6.45) is 6.86. The molecule has 0 N–H and O–H groups in total. The van der Waals surface area contributed by atoms with Crippen LogP contribution in [0, 0.1) is 18.3 Å². The highest BCUT2D eigenvalue weighted by Gasteiger charge is 2.11. The largest absolute Gasteiger partial charge is 0.0808 e. The predicted molar refractivity (Wildman–Crippen MR) is 50.1 cm³/mol. The molecule has 0 nitrogen and oxygen atoms in total. The fourth-order valence-corrected chi connectivity index (χ4v) is 1.58. The van der Waals surface area contributed by atoms with Gasteiger partial charge in [-0.3, -0.25) is 0 Å². The monoisotopic (exact) mass is 149 g/mol. The van der Waals surface area contributed by atoms with Crippen LogP contribution in [0.4, 0.5) is 0 Å². The Labute approximate surface area is 70.0 Å². The molecule has 0 aromatic rings. The molecule has 1 radical (unpaired) electrons. The van der Waals surface area contributed by atoms with Gasteiger partial charge in [0, 0.05) is 0 Å². The van der Waals surface area contributed by atoms with Crippen molar-refractivity contribution in [2.45, 2.75) is 27.7 Å². The third-order valence-electron chi connectivity index (χ3n) is 2.17. The van der Waals surface area contributed by atoms with Crippen molar-refractivity contribution < 1.29 is 0 Å². The molecule has 0 saturated heterocycles. The zero-order valence-electron chi connectivity index (χ0n) is 7.89. The summed E-state index contributed by atoms with van der Waals surface area (Å²) in [5, 5.41) is 0. The molecule has 1 atom stereocenters. The van der Waals surface area contributed by atoms with Gasteiger partial charge in [-0.2, -0.15) is 0 Å². The van der Waals surface area contributed by atoms with Gasteiger partial charge in [0.05, 0.1) is 0 Å². The second-order valence-corrected chi connectivity index (χ2v) is 3.68. The van der Waals surface area contributed by atoms with Gasteiger partial charge in [-0.25, -0.2) is 0 Å². The SMILES string of the molecule is CC1=C(C(C)C)C=CC(C)[CH]1. The van der Waals surface area contributed by atoms with Crippen LogP contribution in [-0.2, 0) is 0 Å². The van der Waals surface area contributed by atoms with Crippen LogP contribution >= 0.6 is 0 Å². The van der Waals surface area contributed by atoms with E-state index in [4.69, 9.17) is 0 Å². The molecule has 0 spiro atoms. The molecular formula is C11H17. The molecule has 1 unspecified atom stereocenters. The lowest BCUT2D eigenvalue weighted by molar-refractivity contribution is 0.748. The fraction of sp³-hybridized carbons (Fsp3) is 0.545. The summed E-state index contributed by atoms with van der Waals surface area (Å²) in [6, 6.07) is 0. The molecule has 0 aromatic heterocycles. The van der Waals surface area contributed by atoms with E-state index in [1.807, 2.05) is 0 Å². The van der Waals surface area contributed by atoms with Gasteiger partial charge in [0.15, 0.2) is 0 Å². The highest BCUT2D eigenvalue weighted by atomic mass is 14.2. The van der Waals surface area contributed by atoms with Gasteiger partial charge in [-0.05, 0) is 30.8 Å². The summed E-state index contributed by atoms with van der Waals surface area (Å²) >= 11 is 0. The zero-order valence-corrected chi connectivity index (χ0v) is 7.89. The van der Waals surface area contributed by atoms with Gasteiger partial charge in [0.2, 0.25) is 0 Å². The molecule has 0 aliphatic heterocycles. The summed E-state index contributed by atoms with van der Waals surface area (Å²) in [7, 11) is 0. The lowest BCUT2D eigenvalue weighted by Crippen LogP contribution is -2.04. The maximum atomic E-state index is 2.33. The van der Waals surface area contributed by atoms with E-state index in [-0.39, 0.29) is 0 Å². The topological polar surface area (TPSA) is 0 Å². The van der Waals surface area contributed by atoms with E-state index in [0.29, 0.717) is 11.8 Å². The van der Waals surface area contributed by atoms with Crippen molar-refractivity contribution in [3.05, 3.63) is 29.7 Å². The molecular weight excluding hydrogens is 132 g/mol. The molecule has 0 fully saturated rings. The van der Waals surface area contributed by atoms with E-state index in [9.17, 15) is 0 Å². The van der Waals surface area contributed by atoms with Crippen molar-refractivity contribution in [3.63, 3.8) is 0 Å². The van der Waals surface area contributed by atoms with Crippen LogP contribution in [-0.4, -0.2) is 0 Å². The van der Waals surface area contributed by atoms with Gasteiger partial charge in [0.25, 0.3) is 0 Å². The van der Waals surface area contributed by atoms with Crippen LogP contribution in [0.3, 0.4) is 0 Å². The van der Waals surface area contributed by atoms with Crippen molar-refractivity contribution in [3.8, 4) is 0 Å². The second kappa shape index (κ2) is 3.25. The Morgan fingerprint density at radius 3 is 2.45 bits per heavy atom. The van der Waals surface area contributed by atoms with Crippen molar-refractivity contribution in [1.82, 2.24) is 0 Å². The van der Waals surface area contributed by atoms with E-state index < -0.39 is 0 Å². The van der Waals surface area contributed by atoms with E-state index in [2.05, 4.69) is 46.3 Å². The molecule has 0 aromatic carbocycles. The first-order valence-electron chi connectivity index (χ1n) is 4.35. The third-order valence-corrected chi connectivity index (χ3v) is 2.17. The highest BCUT2D eigenvalue weighted by Crippen LogP contribution is 2.26.